The van der Waals surface area contributed by atoms with E-state index < -0.39 is 29.4 Å². The summed E-state index contributed by atoms with van der Waals surface area (Å²) in [5.41, 5.74) is 1.01. The number of thiophene rings is 1. The Balaban J connectivity index is 1.89. The lowest BCUT2D eigenvalue weighted by Gasteiger charge is -2.25. The van der Waals surface area contributed by atoms with Gasteiger partial charge in [0.05, 0.1) is 12.2 Å². The topological polar surface area (TPSA) is 66.8 Å². The number of amides is 1. The van der Waals surface area contributed by atoms with Crippen LogP contribution in [0.5, 0.6) is 5.75 Å². The van der Waals surface area contributed by atoms with E-state index in [0.717, 1.165) is 29.0 Å². The number of ether oxygens (including phenoxy) is 1. The quantitative estimate of drug-likeness (QED) is 0.284. The molecule has 0 spiro atoms. The van der Waals surface area contributed by atoms with Crippen LogP contribution in [0.2, 0.25) is 0 Å². The van der Waals surface area contributed by atoms with Gasteiger partial charge in [0.15, 0.2) is 11.6 Å². The summed E-state index contributed by atoms with van der Waals surface area (Å²) < 4.78 is 33.2. The first kappa shape index (κ1) is 22.7. The summed E-state index contributed by atoms with van der Waals surface area (Å²) in [5, 5.41) is 13.0. The van der Waals surface area contributed by atoms with Crippen molar-refractivity contribution >= 4 is 34.5 Å². The number of hydrogen-bond acceptors (Lipinski definition) is 5. The highest BCUT2D eigenvalue weighted by molar-refractivity contribution is 7.10. The molecule has 2 heterocycles. The largest absolute Gasteiger partial charge is 0.507 e. The number of hydrogen-bond donors (Lipinski definition) is 1. The van der Waals surface area contributed by atoms with Crippen LogP contribution in [0, 0.1) is 18.6 Å². The fraction of sp³-hybridized carbons (Fsp3) is 0.200. The molecule has 3 aromatic rings. The number of anilines is 1. The van der Waals surface area contributed by atoms with Crippen LogP contribution in [0.15, 0.2) is 59.5 Å². The van der Waals surface area contributed by atoms with Crippen LogP contribution in [0.1, 0.15) is 35.4 Å². The summed E-state index contributed by atoms with van der Waals surface area (Å²) in [7, 11) is 0. The Morgan fingerprint density at radius 3 is 2.58 bits per heavy atom. The first-order valence-corrected chi connectivity index (χ1v) is 11.2. The van der Waals surface area contributed by atoms with Crippen molar-refractivity contribution in [2.75, 3.05) is 11.5 Å². The number of ketones is 1. The lowest BCUT2D eigenvalue weighted by atomic mass is 9.98. The van der Waals surface area contributed by atoms with Gasteiger partial charge in [0.1, 0.15) is 17.6 Å². The predicted molar refractivity (Wildman–Crippen MR) is 122 cm³/mol. The van der Waals surface area contributed by atoms with Crippen LogP contribution < -0.4 is 9.64 Å². The molecule has 8 heteroatoms. The van der Waals surface area contributed by atoms with Crippen molar-refractivity contribution in [2.45, 2.75) is 26.3 Å². The first-order valence-electron chi connectivity index (χ1n) is 10.4. The zero-order chi connectivity index (χ0) is 23.7. The Morgan fingerprint density at radius 2 is 1.91 bits per heavy atom. The summed E-state index contributed by atoms with van der Waals surface area (Å²) in [5.74, 6) is -3.90. The Bertz CT molecular complexity index is 1270. The van der Waals surface area contributed by atoms with Gasteiger partial charge in [0.25, 0.3) is 11.7 Å². The number of halogens is 2. The lowest BCUT2D eigenvalue weighted by Crippen LogP contribution is -2.29. The average molecular weight is 470 g/mol. The number of carbonyl (C=O) groups is 2. The fourth-order valence-electron chi connectivity index (χ4n) is 3.75. The number of aliphatic hydroxyl groups excluding tert-OH is 1. The maximum atomic E-state index is 14.0. The molecular formula is C25H21F2NO4S. The third kappa shape index (κ3) is 4.14. The molecule has 0 radical (unpaired) electrons. The van der Waals surface area contributed by atoms with Crippen LogP contribution >= 0.6 is 11.3 Å². The van der Waals surface area contributed by atoms with Gasteiger partial charge < -0.3 is 9.84 Å². The van der Waals surface area contributed by atoms with E-state index in [1.807, 2.05) is 19.9 Å². The van der Waals surface area contributed by atoms with Crippen LogP contribution in [0.4, 0.5) is 14.5 Å². The molecule has 0 bridgehead atoms. The number of carbonyl (C=O) groups excluding carboxylic acids is 2. The minimum atomic E-state index is -1.14. The van der Waals surface area contributed by atoms with E-state index in [-0.39, 0.29) is 17.0 Å². The maximum Gasteiger partial charge on any atom is 0.300 e. The fourth-order valence-corrected chi connectivity index (χ4v) is 4.78. The SMILES string of the molecule is CCCOc1cccc(/C(O)=C2/C(=O)C(=O)N(c3ccc(F)c(F)c3)C2c2sccc2C)c1. The predicted octanol–water partition coefficient (Wildman–Crippen LogP) is 5.75. The number of benzene rings is 2. The van der Waals surface area contributed by atoms with Crippen molar-refractivity contribution in [3.05, 3.63) is 87.1 Å². The number of nitrogens with zero attached hydrogens (tertiary/aromatic N) is 1. The molecule has 1 fully saturated rings. The second-order valence-electron chi connectivity index (χ2n) is 7.61. The standard InChI is InChI=1S/C25H21F2NO4S/c1-3-10-32-17-6-4-5-15(12-17)22(29)20-21(24-14(2)9-11-33-24)28(25(31)23(20)30)16-7-8-18(26)19(27)13-16/h4-9,11-13,21,29H,3,10H2,1-2H3/b22-20-. The first-order chi connectivity index (χ1) is 15.8. The summed E-state index contributed by atoms with van der Waals surface area (Å²) in [6.45, 7) is 4.27. The van der Waals surface area contributed by atoms with Crippen molar-refractivity contribution in [3.63, 3.8) is 0 Å². The summed E-state index contributed by atoms with van der Waals surface area (Å²) in [4.78, 5) is 27.9. The van der Waals surface area contributed by atoms with Crippen molar-refractivity contribution < 1.29 is 28.2 Å². The van der Waals surface area contributed by atoms with Crippen LogP contribution in [-0.4, -0.2) is 23.4 Å². The van der Waals surface area contributed by atoms with Gasteiger partial charge in [-0.1, -0.05) is 19.1 Å². The normalized spacial score (nSPS) is 17.6. The van der Waals surface area contributed by atoms with Gasteiger partial charge in [0.2, 0.25) is 0 Å². The maximum absolute atomic E-state index is 14.0. The molecular weight excluding hydrogens is 448 g/mol. The van der Waals surface area contributed by atoms with Gasteiger partial charge in [-0.3, -0.25) is 14.5 Å². The van der Waals surface area contributed by atoms with Gasteiger partial charge in [-0.15, -0.1) is 11.3 Å². The minimum Gasteiger partial charge on any atom is -0.507 e. The molecule has 0 saturated carbocycles. The van der Waals surface area contributed by atoms with E-state index in [0.29, 0.717) is 22.8 Å². The molecule has 1 aliphatic rings. The zero-order valence-corrected chi connectivity index (χ0v) is 18.8. The van der Waals surface area contributed by atoms with Crippen LogP contribution in [-0.2, 0) is 9.59 Å². The molecule has 1 amide bonds. The van der Waals surface area contributed by atoms with Crippen molar-refractivity contribution in [1.29, 1.82) is 0 Å². The van der Waals surface area contributed by atoms with E-state index in [1.165, 1.54) is 17.4 Å². The molecule has 1 saturated heterocycles. The van der Waals surface area contributed by atoms with E-state index in [4.69, 9.17) is 4.74 Å². The van der Waals surface area contributed by atoms with Gasteiger partial charge >= 0.3 is 0 Å². The highest BCUT2D eigenvalue weighted by atomic mass is 32.1. The number of aliphatic hydroxyl groups is 1. The Morgan fingerprint density at radius 1 is 1.12 bits per heavy atom. The minimum absolute atomic E-state index is 0.0212. The molecule has 1 unspecified atom stereocenters. The summed E-state index contributed by atoms with van der Waals surface area (Å²) in [6, 6.07) is 10.4. The Hall–Kier alpha value is -3.52. The number of Topliss-reactive ketones (excluding diaryl/α,β-unsaturated/α-hetero) is 1. The summed E-state index contributed by atoms with van der Waals surface area (Å²) in [6.07, 6.45) is 0.799. The van der Waals surface area contributed by atoms with Gasteiger partial charge in [0, 0.05) is 22.2 Å². The third-order valence-electron chi connectivity index (χ3n) is 5.36. The van der Waals surface area contributed by atoms with Crippen molar-refractivity contribution in [3.8, 4) is 5.75 Å². The lowest BCUT2D eigenvalue weighted by molar-refractivity contribution is -0.132. The molecule has 170 valence electrons. The van der Waals surface area contributed by atoms with E-state index in [2.05, 4.69) is 0 Å². The molecule has 1 N–H and O–H groups in total. The van der Waals surface area contributed by atoms with E-state index in [1.54, 1.807) is 29.6 Å². The van der Waals surface area contributed by atoms with Crippen molar-refractivity contribution in [2.24, 2.45) is 0 Å². The molecule has 1 aliphatic heterocycles. The molecule has 1 aromatic heterocycles. The van der Waals surface area contributed by atoms with Gasteiger partial charge in [-0.2, -0.15) is 0 Å². The zero-order valence-electron chi connectivity index (χ0n) is 18.0. The monoisotopic (exact) mass is 469 g/mol. The second kappa shape index (κ2) is 9.15. The number of aryl methyl sites for hydroxylation is 1. The van der Waals surface area contributed by atoms with Gasteiger partial charge in [-0.05, 0) is 54.6 Å². The Kier molecular flexibility index (Phi) is 6.29. The average Bonchev–Trinajstić information content (AvgIpc) is 3.34. The molecule has 1 atom stereocenters. The number of rotatable bonds is 6. The third-order valence-corrected chi connectivity index (χ3v) is 6.43. The molecule has 2 aromatic carbocycles. The molecule has 4 rings (SSSR count). The second-order valence-corrected chi connectivity index (χ2v) is 8.56. The van der Waals surface area contributed by atoms with Crippen LogP contribution in [0.25, 0.3) is 5.76 Å². The summed E-state index contributed by atoms with van der Waals surface area (Å²) >= 11 is 1.30. The van der Waals surface area contributed by atoms with Crippen LogP contribution in [0.3, 0.4) is 0 Å². The molecule has 33 heavy (non-hydrogen) atoms. The Labute approximate surface area is 193 Å². The highest BCUT2D eigenvalue weighted by Crippen LogP contribution is 2.45. The van der Waals surface area contributed by atoms with E-state index >= 15 is 0 Å². The van der Waals surface area contributed by atoms with Crippen molar-refractivity contribution in [1.82, 2.24) is 0 Å². The molecule has 5 nitrogen and oxygen atoms in total. The van der Waals surface area contributed by atoms with E-state index in [9.17, 15) is 23.5 Å². The highest BCUT2D eigenvalue weighted by Gasteiger charge is 2.48. The molecule has 0 aliphatic carbocycles. The smallest absolute Gasteiger partial charge is 0.300 e. The van der Waals surface area contributed by atoms with Gasteiger partial charge in [-0.25, -0.2) is 8.78 Å².